The van der Waals surface area contributed by atoms with Gasteiger partial charge in [0.1, 0.15) is 0 Å². The van der Waals surface area contributed by atoms with Gasteiger partial charge in [0.15, 0.2) is 0 Å². The summed E-state index contributed by atoms with van der Waals surface area (Å²) < 4.78 is 65.3. The maximum Gasteiger partial charge on any atom is 0.416 e. The van der Waals surface area contributed by atoms with Gasteiger partial charge in [-0.15, -0.1) is 0 Å². The lowest BCUT2D eigenvalue weighted by molar-refractivity contribution is -0.137. The first-order chi connectivity index (χ1) is 14.1. The van der Waals surface area contributed by atoms with Crippen LogP contribution in [0.5, 0.6) is 0 Å². The highest BCUT2D eigenvalue weighted by molar-refractivity contribution is 7.89. The molecule has 1 N–H and O–H groups in total. The van der Waals surface area contributed by atoms with Crippen molar-refractivity contribution in [1.29, 1.82) is 0 Å². The molecule has 0 radical (unpaired) electrons. The maximum atomic E-state index is 12.9. The van der Waals surface area contributed by atoms with Crippen LogP contribution in [0.1, 0.15) is 29.7 Å². The van der Waals surface area contributed by atoms with Gasteiger partial charge in [-0.05, 0) is 49.6 Å². The average molecular weight is 441 g/mol. The summed E-state index contributed by atoms with van der Waals surface area (Å²) in [5, 5.41) is 2.82. The molecule has 2 heterocycles. The summed E-state index contributed by atoms with van der Waals surface area (Å²) in [6, 6.07) is 7.41. The number of rotatable bonds is 5. The first-order valence-electron chi connectivity index (χ1n) is 9.44. The van der Waals surface area contributed by atoms with Crippen molar-refractivity contribution in [2.24, 2.45) is 5.92 Å². The average Bonchev–Trinajstić information content (AvgIpc) is 2.72. The lowest BCUT2D eigenvalue weighted by atomic mass is 9.97. The fraction of sp³-hybridized carbons (Fsp3) is 0.400. The molecule has 1 fully saturated rings. The van der Waals surface area contributed by atoms with Crippen LogP contribution in [0.25, 0.3) is 0 Å². The van der Waals surface area contributed by atoms with Crippen molar-refractivity contribution >= 4 is 15.9 Å². The summed E-state index contributed by atoms with van der Waals surface area (Å²) in [6.07, 6.45) is -2.38. The molecule has 2 aromatic rings. The Morgan fingerprint density at radius 1 is 1.20 bits per heavy atom. The highest BCUT2D eigenvalue weighted by Gasteiger charge is 2.35. The SMILES string of the molecule is Cc1cccnc1CNC(=O)C1CCN(S(=O)(=O)c2cccc(C(F)(F)F)c2)CC1. The normalized spacial score (nSPS) is 16.4. The van der Waals surface area contributed by atoms with Crippen LogP contribution in [0.15, 0.2) is 47.5 Å². The summed E-state index contributed by atoms with van der Waals surface area (Å²) in [5.74, 6) is -0.543. The smallest absolute Gasteiger partial charge is 0.350 e. The van der Waals surface area contributed by atoms with Crippen molar-refractivity contribution in [2.45, 2.75) is 37.4 Å². The van der Waals surface area contributed by atoms with E-state index in [2.05, 4.69) is 10.3 Å². The van der Waals surface area contributed by atoms with Gasteiger partial charge in [0.05, 0.1) is 22.7 Å². The van der Waals surface area contributed by atoms with Gasteiger partial charge < -0.3 is 5.32 Å². The van der Waals surface area contributed by atoms with E-state index in [0.29, 0.717) is 18.9 Å². The number of sulfonamides is 1. The van der Waals surface area contributed by atoms with E-state index in [1.54, 1.807) is 12.3 Å². The number of nitrogens with zero attached hydrogens (tertiary/aromatic N) is 2. The number of hydrogen-bond acceptors (Lipinski definition) is 4. The number of benzene rings is 1. The molecule has 10 heteroatoms. The monoisotopic (exact) mass is 441 g/mol. The Morgan fingerprint density at radius 3 is 2.53 bits per heavy atom. The molecule has 1 aromatic heterocycles. The Balaban J connectivity index is 1.61. The van der Waals surface area contributed by atoms with E-state index in [-0.39, 0.29) is 31.5 Å². The molecule has 6 nitrogen and oxygen atoms in total. The number of amides is 1. The predicted octanol–water partition coefficient (Wildman–Crippen LogP) is 3.13. The number of carbonyl (C=O) groups is 1. The third-order valence-corrected chi connectivity index (χ3v) is 7.07. The van der Waals surface area contributed by atoms with Gasteiger partial charge >= 0.3 is 6.18 Å². The van der Waals surface area contributed by atoms with Crippen LogP contribution in [0.3, 0.4) is 0 Å². The van der Waals surface area contributed by atoms with Crippen LogP contribution < -0.4 is 5.32 Å². The summed E-state index contributed by atoms with van der Waals surface area (Å²) in [7, 11) is -4.06. The molecule has 1 aliphatic heterocycles. The van der Waals surface area contributed by atoms with Gasteiger partial charge in [0.2, 0.25) is 15.9 Å². The van der Waals surface area contributed by atoms with Gasteiger partial charge in [-0.25, -0.2) is 8.42 Å². The number of carbonyl (C=O) groups excluding carboxylic acids is 1. The second kappa shape index (κ2) is 8.73. The molecule has 162 valence electrons. The fourth-order valence-corrected chi connectivity index (χ4v) is 4.88. The Bertz CT molecular complexity index is 1020. The second-order valence-corrected chi connectivity index (χ2v) is 9.13. The van der Waals surface area contributed by atoms with Crippen molar-refractivity contribution in [2.75, 3.05) is 13.1 Å². The van der Waals surface area contributed by atoms with Gasteiger partial charge in [-0.2, -0.15) is 17.5 Å². The van der Waals surface area contributed by atoms with Crippen molar-refractivity contribution in [3.8, 4) is 0 Å². The summed E-state index contributed by atoms with van der Waals surface area (Å²) in [6.45, 7) is 2.32. The van der Waals surface area contributed by atoms with Crippen molar-refractivity contribution in [3.63, 3.8) is 0 Å². The van der Waals surface area contributed by atoms with Crippen LogP contribution in [-0.4, -0.2) is 36.7 Å². The molecule has 0 saturated carbocycles. The zero-order valence-electron chi connectivity index (χ0n) is 16.3. The van der Waals surface area contributed by atoms with Crippen LogP contribution in [0.2, 0.25) is 0 Å². The largest absolute Gasteiger partial charge is 0.416 e. The van der Waals surface area contributed by atoms with Crippen LogP contribution >= 0.6 is 0 Å². The number of piperidine rings is 1. The van der Waals surface area contributed by atoms with Gasteiger partial charge in [0, 0.05) is 25.2 Å². The molecule has 0 atom stereocenters. The molecule has 1 amide bonds. The summed E-state index contributed by atoms with van der Waals surface area (Å²) >= 11 is 0. The topological polar surface area (TPSA) is 79.4 Å². The van der Waals surface area contributed by atoms with Crippen molar-refractivity contribution in [3.05, 3.63) is 59.4 Å². The number of aryl methyl sites for hydroxylation is 1. The van der Waals surface area contributed by atoms with Crippen LogP contribution in [-0.2, 0) is 27.5 Å². The third kappa shape index (κ3) is 4.99. The lowest BCUT2D eigenvalue weighted by Crippen LogP contribution is -2.43. The molecule has 30 heavy (non-hydrogen) atoms. The number of nitrogens with one attached hydrogen (secondary N) is 1. The number of halogens is 3. The maximum absolute atomic E-state index is 12.9. The Hall–Kier alpha value is -2.46. The molecule has 3 rings (SSSR count). The van der Waals surface area contributed by atoms with E-state index in [0.717, 1.165) is 33.8 Å². The fourth-order valence-electron chi connectivity index (χ4n) is 3.36. The first kappa shape index (κ1) is 22.2. The minimum Gasteiger partial charge on any atom is -0.350 e. The second-order valence-electron chi connectivity index (χ2n) is 7.19. The van der Waals surface area contributed by atoms with E-state index in [1.165, 1.54) is 0 Å². The minimum atomic E-state index is -4.62. The predicted molar refractivity (Wildman–Crippen MR) is 104 cm³/mol. The van der Waals surface area contributed by atoms with E-state index >= 15 is 0 Å². The first-order valence-corrected chi connectivity index (χ1v) is 10.9. The van der Waals surface area contributed by atoms with Crippen LogP contribution in [0.4, 0.5) is 13.2 Å². The van der Waals surface area contributed by atoms with Crippen LogP contribution in [0, 0.1) is 12.8 Å². The highest BCUT2D eigenvalue weighted by atomic mass is 32.2. The zero-order chi connectivity index (χ0) is 21.9. The molecule has 1 aliphatic rings. The standard InChI is InChI=1S/C20H22F3N3O3S/c1-14-4-3-9-24-18(14)13-25-19(27)15-7-10-26(11-8-15)30(28,29)17-6-2-5-16(12-17)20(21,22)23/h2-6,9,12,15H,7-8,10-11,13H2,1H3,(H,25,27). The molecule has 0 spiro atoms. The van der Waals surface area contributed by atoms with E-state index in [4.69, 9.17) is 0 Å². The molecule has 1 aromatic carbocycles. The van der Waals surface area contributed by atoms with E-state index in [9.17, 15) is 26.4 Å². The number of pyridine rings is 1. The molecular weight excluding hydrogens is 419 g/mol. The summed E-state index contributed by atoms with van der Waals surface area (Å²) in [4.78, 5) is 16.3. The quantitative estimate of drug-likeness (QED) is 0.773. The summed E-state index contributed by atoms with van der Waals surface area (Å²) in [5.41, 5.74) is 0.706. The van der Waals surface area contributed by atoms with Gasteiger partial charge in [0.25, 0.3) is 0 Å². The highest BCUT2D eigenvalue weighted by Crippen LogP contribution is 2.32. The van der Waals surface area contributed by atoms with E-state index in [1.807, 2.05) is 13.0 Å². The van der Waals surface area contributed by atoms with E-state index < -0.39 is 26.7 Å². The van der Waals surface area contributed by atoms with Gasteiger partial charge in [-0.1, -0.05) is 12.1 Å². The Labute approximate surface area is 173 Å². The lowest BCUT2D eigenvalue weighted by Gasteiger charge is -2.30. The Morgan fingerprint density at radius 2 is 1.90 bits per heavy atom. The third-order valence-electron chi connectivity index (χ3n) is 5.17. The Kier molecular flexibility index (Phi) is 6.47. The van der Waals surface area contributed by atoms with Crippen molar-refractivity contribution < 1.29 is 26.4 Å². The van der Waals surface area contributed by atoms with Crippen molar-refractivity contribution in [1.82, 2.24) is 14.6 Å². The van der Waals surface area contributed by atoms with Gasteiger partial charge in [-0.3, -0.25) is 9.78 Å². The minimum absolute atomic E-state index is 0.0687. The molecule has 0 aliphatic carbocycles. The molecule has 0 unspecified atom stereocenters. The molecule has 0 bridgehead atoms. The molecule has 1 saturated heterocycles. The zero-order valence-corrected chi connectivity index (χ0v) is 17.1. The number of alkyl halides is 3. The number of aromatic nitrogens is 1. The number of hydrogen-bond donors (Lipinski definition) is 1. The molecular formula is C20H22F3N3O3S.